The van der Waals surface area contributed by atoms with Crippen molar-refractivity contribution >= 4 is 0 Å². The monoisotopic (exact) mass is 394 g/mol. The smallest absolute Gasteiger partial charge is 0.0714 e. The van der Waals surface area contributed by atoms with E-state index in [4.69, 9.17) is 0 Å². The lowest BCUT2D eigenvalue weighted by molar-refractivity contribution is 0.200. The van der Waals surface area contributed by atoms with Crippen LogP contribution < -0.4 is 10.6 Å². The van der Waals surface area contributed by atoms with Gasteiger partial charge in [-0.2, -0.15) is 0 Å². The molecule has 0 spiro atoms. The van der Waals surface area contributed by atoms with Crippen LogP contribution in [0.25, 0.3) is 0 Å². The molecule has 6 heteroatoms. The molecule has 5 rings (SSSR count). The maximum absolute atomic E-state index is 4.64. The van der Waals surface area contributed by atoms with Gasteiger partial charge in [-0.1, -0.05) is 24.3 Å². The van der Waals surface area contributed by atoms with Gasteiger partial charge in [0.05, 0.1) is 46.9 Å². The summed E-state index contributed by atoms with van der Waals surface area (Å²) >= 11 is 0. The van der Waals surface area contributed by atoms with Gasteiger partial charge in [-0.05, 0) is 48.5 Å². The maximum atomic E-state index is 4.64. The highest BCUT2D eigenvalue weighted by Gasteiger charge is 2.41. The van der Waals surface area contributed by atoms with Crippen molar-refractivity contribution in [2.75, 3.05) is 0 Å². The van der Waals surface area contributed by atoms with Crippen LogP contribution in [0.4, 0.5) is 0 Å². The van der Waals surface area contributed by atoms with E-state index in [9.17, 15) is 0 Å². The lowest BCUT2D eigenvalue weighted by Gasteiger charge is -2.43. The van der Waals surface area contributed by atoms with Crippen LogP contribution in [0.3, 0.4) is 0 Å². The first-order valence-electron chi connectivity index (χ1n) is 10.1. The molecule has 0 bridgehead atoms. The number of hydrogen-bond acceptors (Lipinski definition) is 6. The van der Waals surface area contributed by atoms with E-state index < -0.39 is 0 Å². The average molecular weight is 394 g/mol. The molecule has 0 radical (unpaired) electrons. The molecule has 1 aliphatic heterocycles. The summed E-state index contributed by atoms with van der Waals surface area (Å²) in [5.74, 6) is 0. The molecule has 148 valence electrons. The molecule has 5 heterocycles. The minimum absolute atomic E-state index is 0.0759. The summed E-state index contributed by atoms with van der Waals surface area (Å²) in [6.07, 6.45) is 7.31. The summed E-state index contributed by atoms with van der Waals surface area (Å²) in [5, 5.41) is 7.63. The van der Waals surface area contributed by atoms with Gasteiger partial charge in [0, 0.05) is 24.8 Å². The van der Waals surface area contributed by atoms with Crippen molar-refractivity contribution in [3.63, 3.8) is 0 Å². The maximum Gasteiger partial charge on any atom is 0.0714 e. The molecule has 2 N–H and O–H groups in total. The first-order valence-corrected chi connectivity index (χ1v) is 10.1. The van der Waals surface area contributed by atoms with Crippen molar-refractivity contribution in [2.45, 2.75) is 24.2 Å². The molecule has 1 fully saturated rings. The second-order valence-corrected chi connectivity index (χ2v) is 7.26. The zero-order chi connectivity index (χ0) is 20.2. The minimum atomic E-state index is -0.0759. The van der Waals surface area contributed by atoms with Crippen molar-refractivity contribution in [3.8, 4) is 0 Å². The lowest BCUT2D eigenvalue weighted by Crippen LogP contribution is -2.50. The highest BCUT2D eigenvalue weighted by molar-refractivity contribution is 5.27. The van der Waals surface area contributed by atoms with E-state index >= 15 is 0 Å². The fourth-order valence-electron chi connectivity index (χ4n) is 4.04. The van der Waals surface area contributed by atoms with E-state index in [0.717, 1.165) is 22.8 Å². The lowest BCUT2D eigenvalue weighted by atomic mass is 9.88. The standard InChI is InChI=1S/C24H22N6/c1-5-13-25-17(9-1)21-22(18-10-2-6-14-26-18)30-24(20-12-4-8-16-28-20)23(29-21)19-11-3-7-15-27-19/h1-16,21-24,29-30H/t21-,22-,23+,24+. The van der Waals surface area contributed by atoms with Gasteiger partial charge in [-0.3, -0.25) is 30.6 Å². The SMILES string of the molecule is c1ccc([C@H]2N[C@@H](c3ccccn3)[C@H](c3ccccn3)N[C@@H]2c2ccccn2)nc1. The number of hydrogen-bond donors (Lipinski definition) is 2. The second-order valence-electron chi connectivity index (χ2n) is 7.26. The molecular weight excluding hydrogens is 372 g/mol. The fourth-order valence-corrected chi connectivity index (χ4v) is 4.04. The van der Waals surface area contributed by atoms with Crippen molar-refractivity contribution in [1.82, 2.24) is 30.6 Å². The van der Waals surface area contributed by atoms with Crippen molar-refractivity contribution < 1.29 is 0 Å². The summed E-state index contributed by atoms with van der Waals surface area (Å²) in [4.78, 5) is 18.6. The zero-order valence-electron chi connectivity index (χ0n) is 16.3. The summed E-state index contributed by atoms with van der Waals surface area (Å²) < 4.78 is 0. The van der Waals surface area contributed by atoms with Crippen LogP contribution >= 0.6 is 0 Å². The van der Waals surface area contributed by atoms with Gasteiger partial charge >= 0.3 is 0 Å². The Hall–Kier alpha value is -3.48. The largest absolute Gasteiger partial charge is 0.297 e. The molecule has 1 aliphatic rings. The van der Waals surface area contributed by atoms with Crippen LogP contribution in [0.15, 0.2) is 97.6 Å². The summed E-state index contributed by atoms with van der Waals surface area (Å²) in [7, 11) is 0. The molecule has 0 saturated carbocycles. The van der Waals surface area contributed by atoms with E-state index in [0.29, 0.717) is 0 Å². The van der Waals surface area contributed by atoms with E-state index in [1.54, 1.807) is 0 Å². The van der Waals surface area contributed by atoms with E-state index in [-0.39, 0.29) is 24.2 Å². The normalized spacial score (nSPS) is 23.7. The van der Waals surface area contributed by atoms with Gasteiger partial charge in [-0.15, -0.1) is 0 Å². The van der Waals surface area contributed by atoms with Crippen LogP contribution in [-0.2, 0) is 0 Å². The van der Waals surface area contributed by atoms with E-state index in [1.807, 2.05) is 97.6 Å². The predicted octanol–water partition coefficient (Wildman–Crippen LogP) is 3.72. The molecule has 6 nitrogen and oxygen atoms in total. The molecule has 0 aromatic carbocycles. The molecule has 30 heavy (non-hydrogen) atoms. The molecule has 4 aromatic heterocycles. The third-order valence-corrected chi connectivity index (χ3v) is 5.41. The van der Waals surface area contributed by atoms with Gasteiger partial charge < -0.3 is 0 Å². The number of piperazine rings is 1. The number of pyridine rings is 4. The van der Waals surface area contributed by atoms with Crippen molar-refractivity contribution in [1.29, 1.82) is 0 Å². The zero-order valence-corrected chi connectivity index (χ0v) is 16.3. The van der Waals surface area contributed by atoms with Gasteiger partial charge in [0.2, 0.25) is 0 Å². The topological polar surface area (TPSA) is 75.6 Å². The highest BCUT2D eigenvalue weighted by atomic mass is 15.2. The Morgan fingerprint density at radius 1 is 0.400 bits per heavy atom. The minimum Gasteiger partial charge on any atom is -0.297 e. The Bertz CT molecular complexity index is 884. The third-order valence-electron chi connectivity index (χ3n) is 5.41. The average Bonchev–Trinajstić information content (AvgIpc) is 2.85. The van der Waals surface area contributed by atoms with Gasteiger partial charge in [0.15, 0.2) is 0 Å². The molecule has 0 unspecified atom stereocenters. The Labute approximate surface area is 175 Å². The molecule has 4 aromatic rings. The van der Waals surface area contributed by atoms with Gasteiger partial charge in [-0.25, -0.2) is 0 Å². The Kier molecular flexibility index (Phi) is 5.25. The van der Waals surface area contributed by atoms with Crippen LogP contribution in [-0.4, -0.2) is 19.9 Å². The van der Waals surface area contributed by atoms with Gasteiger partial charge in [0.25, 0.3) is 0 Å². The molecule has 4 atom stereocenters. The van der Waals surface area contributed by atoms with Crippen LogP contribution in [0, 0.1) is 0 Å². The molecule has 0 amide bonds. The Morgan fingerprint density at radius 2 is 0.667 bits per heavy atom. The first kappa shape index (κ1) is 18.5. The van der Waals surface area contributed by atoms with E-state index in [1.165, 1.54) is 0 Å². The fraction of sp³-hybridized carbons (Fsp3) is 0.167. The molecule has 0 aliphatic carbocycles. The quantitative estimate of drug-likeness (QED) is 0.549. The van der Waals surface area contributed by atoms with Crippen LogP contribution in [0.5, 0.6) is 0 Å². The predicted molar refractivity (Wildman–Crippen MR) is 114 cm³/mol. The first-order chi connectivity index (χ1) is 14.9. The summed E-state index contributed by atoms with van der Waals surface area (Å²) in [5.41, 5.74) is 3.84. The van der Waals surface area contributed by atoms with Gasteiger partial charge in [0.1, 0.15) is 0 Å². The second kappa shape index (κ2) is 8.49. The number of nitrogens with one attached hydrogen (secondary N) is 2. The van der Waals surface area contributed by atoms with Crippen molar-refractivity contribution in [2.24, 2.45) is 0 Å². The Balaban J connectivity index is 1.61. The number of rotatable bonds is 4. The number of nitrogens with zero attached hydrogens (tertiary/aromatic N) is 4. The molecule has 1 saturated heterocycles. The van der Waals surface area contributed by atoms with Crippen LogP contribution in [0.1, 0.15) is 46.9 Å². The van der Waals surface area contributed by atoms with Crippen LogP contribution in [0.2, 0.25) is 0 Å². The molecular formula is C24H22N6. The van der Waals surface area contributed by atoms with E-state index in [2.05, 4.69) is 30.6 Å². The third kappa shape index (κ3) is 3.70. The number of aromatic nitrogens is 4. The van der Waals surface area contributed by atoms with Crippen molar-refractivity contribution in [3.05, 3.63) is 120 Å². The Morgan fingerprint density at radius 3 is 0.867 bits per heavy atom. The summed E-state index contributed by atoms with van der Waals surface area (Å²) in [6, 6.07) is 23.7. The summed E-state index contributed by atoms with van der Waals surface area (Å²) in [6.45, 7) is 0. The highest BCUT2D eigenvalue weighted by Crippen LogP contribution is 2.40.